The van der Waals surface area contributed by atoms with Crippen molar-refractivity contribution >= 4 is 11.8 Å². The fourth-order valence-corrected chi connectivity index (χ4v) is 1.92. The van der Waals surface area contributed by atoms with Crippen molar-refractivity contribution in [3.05, 3.63) is 12.3 Å². The third-order valence-electron chi connectivity index (χ3n) is 1.85. The molecule has 0 aliphatic carbocycles. The summed E-state index contributed by atoms with van der Waals surface area (Å²) < 4.78 is 0. The van der Waals surface area contributed by atoms with Crippen molar-refractivity contribution < 1.29 is 5.11 Å². The van der Waals surface area contributed by atoms with Crippen molar-refractivity contribution in [3.8, 4) is 5.88 Å². The van der Waals surface area contributed by atoms with Gasteiger partial charge in [0.1, 0.15) is 0 Å². The lowest BCUT2D eigenvalue weighted by Crippen LogP contribution is -1.87. The molecule has 1 aromatic heterocycles. The Bertz CT molecular complexity index is 268. The summed E-state index contributed by atoms with van der Waals surface area (Å²) in [7, 11) is 0. The summed E-state index contributed by atoms with van der Waals surface area (Å²) in [4.78, 5) is 7.95. The van der Waals surface area contributed by atoms with Gasteiger partial charge in [-0.3, -0.25) is 0 Å². The first kappa shape index (κ1) is 11.3. The number of aromatic hydroxyl groups is 1. The second-order valence-corrected chi connectivity index (χ2v) is 4.17. The highest BCUT2D eigenvalue weighted by molar-refractivity contribution is 7.99. The van der Waals surface area contributed by atoms with Crippen LogP contribution in [0.2, 0.25) is 0 Å². The van der Waals surface area contributed by atoms with E-state index in [2.05, 4.69) is 16.9 Å². The molecule has 0 bridgehead atoms. The molecule has 0 aromatic carbocycles. The SMILES string of the molecule is CCCCCCSc1nccc(O)n1. The highest BCUT2D eigenvalue weighted by Gasteiger charge is 1.98. The molecule has 14 heavy (non-hydrogen) atoms. The second kappa shape index (κ2) is 6.65. The molecule has 1 N–H and O–H groups in total. The average Bonchev–Trinajstić information content (AvgIpc) is 2.18. The summed E-state index contributed by atoms with van der Waals surface area (Å²) in [5.41, 5.74) is 0. The molecule has 1 heterocycles. The minimum atomic E-state index is 0.0519. The van der Waals surface area contributed by atoms with E-state index in [1.54, 1.807) is 18.0 Å². The Morgan fingerprint density at radius 2 is 2.21 bits per heavy atom. The summed E-state index contributed by atoms with van der Waals surface area (Å²) in [6.07, 6.45) is 6.59. The number of rotatable bonds is 6. The van der Waals surface area contributed by atoms with E-state index in [0.29, 0.717) is 5.16 Å². The largest absolute Gasteiger partial charge is 0.493 e. The minimum absolute atomic E-state index is 0.0519. The van der Waals surface area contributed by atoms with Crippen molar-refractivity contribution in [2.45, 2.75) is 37.8 Å². The van der Waals surface area contributed by atoms with Crippen LogP contribution in [-0.2, 0) is 0 Å². The first-order chi connectivity index (χ1) is 6.83. The van der Waals surface area contributed by atoms with Crippen LogP contribution in [-0.4, -0.2) is 20.8 Å². The summed E-state index contributed by atoms with van der Waals surface area (Å²) in [5.74, 6) is 1.08. The highest BCUT2D eigenvalue weighted by Crippen LogP contribution is 2.16. The maximum absolute atomic E-state index is 9.09. The summed E-state index contributed by atoms with van der Waals surface area (Å²) in [5, 5.41) is 9.76. The number of hydrogen-bond donors (Lipinski definition) is 1. The fraction of sp³-hybridized carbons (Fsp3) is 0.600. The number of aromatic nitrogens is 2. The Kier molecular flexibility index (Phi) is 5.37. The van der Waals surface area contributed by atoms with Gasteiger partial charge in [-0.05, 0) is 6.42 Å². The van der Waals surface area contributed by atoms with E-state index in [1.165, 1.54) is 31.7 Å². The van der Waals surface area contributed by atoms with Gasteiger partial charge in [-0.15, -0.1) is 0 Å². The Morgan fingerprint density at radius 3 is 2.93 bits per heavy atom. The molecule has 3 nitrogen and oxygen atoms in total. The Balaban J connectivity index is 2.18. The van der Waals surface area contributed by atoms with Crippen LogP contribution in [0, 0.1) is 0 Å². The van der Waals surface area contributed by atoms with E-state index in [9.17, 15) is 0 Å². The van der Waals surface area contributed by atoms with Gasteiger partial charge >= 0.3 is 0 Å². The van der Waals surface area contributed by atoms with E-state index in [-0.39, 0.29) is 5.88 Å². The van der Waals surface area contributed by atoms with E-state index in [0.717, 1.165) is 5.75 Å². The standard InChI is InChI=1S/C10H16N2OS/c1-2-3-4-5-8-14-10-11-7-6-9(13)12-10/h6-7H,2-5,8H2,1H3,(H,11,12,13). The van der Waals surface area contributed by atoms with Crippen LogP contribution < -0.4 is 0 Å². The molecule has 0 spiro atoms. The normalized spacial score (nSPS) is 10.4. The first-order valence-corrected chi connectivity index (χ1v) is 5.96. The zero-order valence-electron chi connectivity index (χ0n) is 8.44. The van der Waals surface area contributed by atoms with Crippen molar-refractivity contribution in [2.75, 3.05) is 5.75 Å². The third-order valence-corrected chi connectivity index (χ3v) is 2.80. The zero-order valence-corrected chi connectivity index (χ0v) is 9.26. The molecule has 0 saturated carbocycles. The molecule has 0 unspecified atom stereocenters. The number of nitrogens with zero attached hydrogens (tertiary/aromatic N) is 2. The molecular formula is C10H16N2OS. The van der Waals surface area contributed by atoms with Gasteiger partial charge in [-0.1, -0.05) is 37.9 Å². The monoisotopic (exact) mass is 212 g/mol. The lowest BCUT2D eigenvalue weighted by atomic mass is 10.2. The summed E-state index contributed by atoms with van der Waals surface area (Å²) >= 11 is 1.60. The smallest absolute Gasteiger partial charge is 0.214 e. The van der Waals surface area contributed by atoms with E-state index in [4.69, 9.17) is 5.11 Å². The molecule has 0 aliphatic rings. The molecule has 78 valence electrons. The fourth-order valence-electron chi connectivity index (χ4n) is 1.09. The van der Waals surface area contributed by atoms with Crippen LogP contribution in [0.3, 0.4) is 0 Å². The van der Waals surface area contributed by atoms with E-state index < -0.39 is 0 Å². The van der Waals surface area contributed by atoms with Crippen LogP contribution in [0.5, 0.6) is 5.88 Å². The Hall–Kier alpha value is -0.770. The maximum atomic E-state index is 9.09. The van der Waals surface area contributed by atoms with Crippen molar-refractivity contribution in [1.82, 2.24) is 9.97 Å². The molecular weight excluding hydrogens is 196 g/mol. The lowest BCUT2D eigenvalue weighted by molar-refractivity contribution is 0.445. The minimum Gasteiger partial charge on any atom is -0.493 e. The number of unbranched alkanes of at least 4 members (excludes halogenated alkanes) is 3. The molecule has 0 saturated heterocycles. The predicted molar refractivity (Wildman–Crippen MR) is 58.6 cm³/mol. The van der Waals surface area contributed by atoms with Gasteiger partial charge < -0.3 is 5.11 Å². The maximum Gasteiger partial charge on any atom is 0.214 e. The number of hydrogen-bond acceptors (Lipinski definition) is 4. The second-order valence-electron chi connectivity index (χ2n) is 3.11. The van der Waals surface area contributed by atoms with Crippen molar-refractivity contribution in [2.24, 2.45) is 0 Å². The van der Waals surface area contributed by atoms with Gasteiger partial charge in [0.15, 0.2) is 5.16 Å². The van der Waals surface area contributed by atoms with Crippen LogP contribution in [0.4, 0.5) is 0 Å². The summed E-state index contributed by atoms with van der Waals surface area (Å²) in [6, 6.07) is 1.49. The van der Waals surface area contributed by atoms with Crippen LogP contribution in [0.1, 0.15) is 32.6 Å². The first-order valence-electron chi connectivity index (χ1n) is 4.97. The van der Waals surface area contributed by atoms with Gasteiger partial charge in [0.25, 0.3) is 0 Å². The summed E-state index contributed by atoms with van der Waals surface area (Å²) in [6.45, 7) is 2.20. The highest BCUT2D eigenvalue weighted by atomic mass is 32.2. The van der Waals surface area contributed by atoms with Crippen LogP contribution in [0.15, 0.2) is 17.4 Å². The van der Waals surface area contributed by atoms with Gasteiger partial charge in [0, 0.05) is 18.0 Å². The van der Waals surface area contributed by atoms with Crippen molar-refractivity contribution in [1.29, 1.82) is 0 Å². The van der Waals surface area contributed by atoms with E-state index >= 15 is 0 Å². The zero-order chi connectivity index (χ0) is 10.2. The molecule has 0 fully saturated rings. The van der Waals surface area contributed by atoms with Crippen LogP contribution in [0.25, 0.3) is 0 Å². The Labute approximate surface area is 89.0 Å². The van der Waals surface area contributed by atoms with Crippen LogP contribution >= 0.6 is 11.8 Å². The van der Waals surface area contributed by atoms with Gasteiger partial charge in [0.05, 0.1) is 0 Å². The molecule has 1 aromatic rings. The average molecular weight is 212 g/mol. The van der Waals surface area contributed by atoms with Gasteiger partial charge in [-0.25, -0.2) is 4.98 Å². The van der Waals surface area contributed by atoms with E-state index in [1.807, 2.05) is 0 Å². The third kappa shape index (κ3) is 4.46. The molecule has 0 atom stereocenters. The Morgan fingerprint density at radius 1 is 1.36 bits per heavy atom. The molecule has 0 amide bonds. The van der Waals surface area contributed by atoms with Gasteiger partial charge in [0.2, 0.25) is 5.88 Å². The number of thioether (sulfide) groups is 1. The topological polar surface area (TPSA) is 46.0 Å². The quantitative estimate of drug-likeness (QED) is 0.447. The molecule has 0 aliphatic heterocycles. The van der Waals surface area contributed by atoms with Crippen molar-refractivity contribution in [3.63, 3.8) is 0 Å². The molecule has 4 heteroatoms. The molecule has 1 rings (SSSR count). The van der Waals surface area contributed by atoms with Gasteiger partial charge in [-0.2, -0.15) is 4.98 Å². The predicted octanol–water partition coefficient (Wildman–Crippen LogP) is 2.85. The lowest BCUT2D eigenvalue weighted by Gasteiger charge is -1.99. The molecule has 0 radical (unpaired) electrons.